The molecule has 0 aliphatic rings. The van der Waals surface area contributed by atoms with E-state index in [0.717, 1.165) is 5.56 Å². The van der Waals surface area contributed by atoms with Crippen molar-refractivity contribution < 1.29 is 22.7 Å². The Hall–Kier alpha value is -3.60. The second kappa shape index (κ2) is 11.5. The van der Waals surface area contributed by atoms with Gasteiger partial charge < -0.3 is 10.1 Å². The van der Waals surface area contributed by atoms with Gasteiger partial charge in [0.2, 0.25) is 10.0 Å². The first-order valence-corrected chi connectivity index (χ1v) is 12.1. The summed E-state index contributed by atoms with van der Waals surface area (Å²) in [5.41, 5.74) is 2.18. The van der Waals surface area contributed by atoms with Crippen molar-refractivity contribution in [1.82, 2.24) is 10.0 Å². The Morgan fingerprint density at radius 1 is 0.882 bits per heavy atom. The highest BCUT2D eigenvalue weighted by atomic mass is 32.2. The summed E-state index contributed by atoms with van der Waals surface area (Å²) in [5, 5.41) is 5.41. The standard InChI is InChI=1S/C24H23N3O5S2/c1-32-23(29)19-9-7-18(8-10-19)22(28)27-24(33)26-20-11-13-21(14-12-20)34(30,31)25-16-15-17-5-3-2-4-6-17/h2-14,25H,15-16H2,1H3,(H2,26,27,28,33). The van der Waals surface area contributed by atoms with Gasteiger partial charge in [-0.25, -0.2) is 17.9 Å². The summed E-state index contributed by atoms with van der Waals surface area (Å²) in [4.78, 5) is 23.9. The van der Waals surface area contributed by atoms with Crippen LogP contribution >= 0.6 is 12.2 Å². The predicted octanol–water partition coefficient (Wildman–Crippen LogP) is 3.12. The van der Waals surface area contributed by atoms with Gasteiger partial charge in [-0.1, -0.05) is 30.3 Å². The predicted molar refractivity (Wildman–Crippen MR) is 133 cm³/mol. The summed E-state index contributed by atoms with van der Waals surface area (Å²) >= 11 is 5.16. The molecule has 3 rings (SSSR count). The molecular weight excluding hydrogens is 474 g/mol. The third-order valence-corrected chi connectivity index (χ3v) is 6.45. The smallest absolute Gasteiger partial charge is 0.337 e. The fourth-order valence-electron chi connectivity index (χ4n) is 2.99. The van der Waals surface area contributed by atoms with Gasteiger partial charge in [-0.2, -0.15) is 0 Å². The number of ether oxygens (including phenoxy) is 1. The minimum atomic E-state index is -3.66. The van der Waals surface area contributed by atoms with Gasteiger partial charge in [-0.3, -0.25) is 10.1 Å². The fourth-order valence-corrected chi connectivity index (χ4v) is 4.23. The van der Waals surface area contributed by atoms with Crippen LogP contribution in [0, 0.1) is 0 Å². The Morgan fingerprint density at radius 3 is 2.12 bits per heavy atom. The van der Waals surface area contributed by atoms with Crippen molar-refractivity contribution in [3.8, 4) is 0 Å². The van der Waals surface area contributed by atoms with Crippen molar-refractivity contribution in [2.75, 3.05) is 19.0 Å². The fraction of sp³-hybridized carbons (Fsp3) is 0.125. The van der Waals surface area contributed by atoms with E-state index in [0.29, 0.717) is 23.2 Å². The van der Waals surface area contributed by atoms with Gasteiger partial charge in [0.15, 0.2) is 5.11 Å². The van der Waals surface area contributed by atoms with Gasteiger partial charge in [-0.05, 0) is 72.7 Å². The number of hydrogen-bond acceptors (Lipinski definition) is 6. The minimum absolute atomic E-state index is 0.0404. The van der Waals surface area contributed by atoms with Crippen LogP contribution in [-0.4, -0.2) is 39.1 Å². The van der Waals surface area contributed by atoms with Crippen LogP contribution in [0.1, 0.15) is 26.3 Å². The van der Waals surface area contributed by atoms with Crippen LogP contribution in [0.3, 0.4) is 0 Å². The molecule has 0 saturated heterocycles. The number of carbonyl (C=O) groups excluding carboxylic acids is 2. The van der Waals surface area contributed by atoms with E-state index >= 15 is 0 Å². The van der Waals surface area contributed by atoms with Gasteiger partial charge in [0.25, 0.3) is 5.91 Å². The lowest BCUT2D eigenvalue weighted by Gasteiger charge is -2.11. The Labute approximate surface area is 203 Å². The second-order valence-electron chi connectivity index (χ2n) is 7.13. The van der Waals surface area contributed by atoms with Crippen LogP contribution in [0.5, 0.6) is 0 Å². The quantitative estimate of drug-likeness (QED) is 0.324. The van der Waals surface area contributed by atoms with E-state index < -0.39 is 21.9 Å². The summed E-state index contributed by atoms with van der Waals surface area (Å²) < 4.78 is 32.2. The number of hydrogen-bond donors (Lipinski definition) is 3. The molecule has 3 aromatic rings. The number of rotatable bonds is 8. The van der Waals surface area contributed by atoms with Gasteiger partial charge in [0, 0.05) is 17.8 Å². The zero-order valence-corrected chi connectivity index (χ0v) is 19.9. The van der Waals surface area contributed by atoms with E-state index in [-0.39, 0.29) is 16.6 Å². The number of thiocarbonyl (C=S) groups is 1. The van der Waals surface area contributed by atoms with E-state index in [2.05, 4.69) is 20.1 Å². The zero-order valence-electron chi connectivity index (χ0n) is 18.3. The van der Waals surface area contributed by atoms with Crippen molar-refractivity contribution >= 4 is 44.9 Å². The molecule has 10 heteroatoms. The number of anilines is 1. The topological polar surface area (TPSA) is 114 Å². The van der Waals surface area contributed by atoms with E-state index in [1.807, 2.05) is 30.3 Å². The Bertz CT molecular complexity index is 1260. The first kappa shape index (κ1) is 25.0. The lowest BCUT2D eigenvalue weighted by atomic mass is 10.1. The largest absolute Gasteiger partial charge is 0.465 e. The van der Waals surface area contributed by atoms with Crippen molar-refractivity contribution in [3.05, 3.63) is 95.6 Å². The highest BCUT2D eigenvalue weighted by molar-refractivity contribution is 7.89. The molecule has 34 heavy (non-hydrogen) atoms. The van der Waals surface area contributed by atoms with E-state index in [1.54, 1.807) is 12.1 Å². The van der Waals surface area contributed by atoms with Gasteiger partial charge in [0.05, 0.1) is 17.6 Å². The normalized spacial score (nSPS) is 10.9. The number of nitrogens with one attached hydrogen (secondary N) is 3. The lowest BCUT2D eigenvalue weighted by molar-refractivity contribution is 0.0600. The zero-order chi connectivity index (χ0) is 24.6. The van der Waals surface area contributed by atoms with Crippen LogP contribution in [0.15, 0.2) is 83.8 Å². The highest BCUT2D eigenvalue weighted by Gasteiger charge is 2.14. The third-order valence-electron chi connectivity index (χ3n) is 4.77. The molecule has 0 fully saturated rings. The lowest BCUT2D eigenvalue weighted by Crippen LogP contribution is -2.34. The monoisotopic (exact) mass is 497 g/mol. The van der Waals surface area contributed by atoms with E-state index in [9.17, 15) is 18.0 Å². The number of methoxy groups -OCH3 is 1. The Balaban J connectivity index is 1.52. The number of carbonyl (C=O) groups is 2. The van der Waals surface area contributed by atoms with Crippen LogP contribution in [0.25, 0.3) is 0 Å². The molecule has 0 heterocycles. The third kappa shape index (κ3) is 6.95. The van der Waals surface area contributed by atoms with Crippen LogP contribution in [0.4, 0.5) is 5.69 Å². The minimum Gasteiger partial charge on any atom is -0.465 e. The summed E-state index contributed by atoms with van der Waals surface area (Å²) in [5.74, 6) is -0.961. The summed E-state index contributed by atoms with van der Waals surface area (Å²) in [6.07, 6.45) is 0.582. The number of amides is 1. The van der Waals surface area contributed by atoms with Crippen LogP contribution in [0.2, 0.25) is 0 Å². The first-order valence-electron chi connectivity index (χ1n) is 10.2. The molecule has 0 aliphatic heterocycles. The van der Waals surface area contributed by atoms with E-state index in [4.69, 9.17) is 12.2 Å². The second-order valence-corrected chi connectivity index (χ2v) is 9.31. The average molecular weight is 498 g/mol. The average Bonchev–Trinajstić information content (AvgIpc) is 2.84. The molecule has 8 nitrogen and oxygen atoms in total. The van der Waals surface area contributed by atoms with Crippen LogP contribution in [-0.2, 0) is 21.2 Å². The number of esters is 1. The van der Waals surface area contributed by atoms with Gasteiger partial charge >= 0.3 is 5.97 Å². The maximum Gasteiger partial charge on any atom is 0.337 e. The highest BCUT2D eigenvalue weighted by Crippen LogP contribution is 2.14. The summed E-state index contributed by atoms with van der Waals surface area (Å²) in [7, 11) is -2.38. The van der Waals surface area contributed by atoms with Crippen molar-refractivity contribution in [2.45, 2.75) is 11.3 Å². The summed E-state index contributed by atoms with van der Waals surface area (Å²) in [6, 6.07) is 21.5. The Morgan fingerprint density at radius 2 is 1.50 bits per heavy atom. The van der Waals surface area contributed by atoms with E-state index in [1.165, 1.54) is 43.5 Å². The number of benzene rings is 3. The van der Waals surface area contributed by atoms with Crippen molar-refractivity contribution in [3.63, 3.8) is 0 Å². The van der Waals surface area contributed by atoms with Crippen LogP contribution < -0.4 is 15.4 Å². The molecule has 0 atom stereocenters. The molecule has 0 aromatic heterocycles. The first-order chi connectivity index (χ1) is 16.3. The number of sulfonamides is 1. The molecule has 3 aromatic carbocycles. The summed E-state index contributed by atoms with van der Waals surface area (Å²) in [6.45, 7) is 0.281. The molecule has 1 amide bonds. The molecule has 0 saturated carbocycles. The molecule has 0 unspecified atom stereocenters. The molecule has 0 radical (unpaired) electrons. The van der Waals surface area contributed by atoms with Crippen molar-refractivity contribution in [1.29, 1.82) is 0 Å². The Kier molecular flexibility index (Phi) is 8.47. The molecule has 0 aliphatic carbocycles. The maximum absolute atomic E-state index is 12.5. The molecular formula is C24H23N3O5S2. The maximum atomic E-state index is 12.5. The van der Waals surface area contributed by atoms with Crippen molar-refractivity contribution in [2.24, 2.45) is 0 Å². The van der Waals surface area contributed by atoms with Gasteiger partial charge in [0.1, 0.15) is 0 Å². The van der Waals surface area contributed by atoms with Gasteiger partial charge in [-0.15, -0.1) is 0 Å². The molecule has 3 N–H and O–H groups in total. The molecule has 176 valence electrons. The molecule has 0 bridgehead atoms. The SMILES string of the molecule is COC(=O)c1ccc(C(=O)NC(=S)Nc2ccc(S(=O)(=O)NCCc3ccccc3)cc2)cc1. The molecule has 0 spiro atoms.